The van der Waals surface area contributed by atoms with Crippen LogP contribution in [0.25, 0.3) is 0 Å². The summed E-state index contributed by atoms with van der Waals surface area (Å²) in [5, 5.41) is 12.1. The molecular weight excluding hydrogens is 349 g/mol. The molecule has 1 aliphatic rings. The van der Waals surface area contributed by atoms with Crippen LogP contribution in [-0.4, -0.2) is 16.7 Å². The van der Waals surface area contributed by atoms with Gasteiger partial charge in [-0.25, -0.2) is 5.43 Å². The lowest BCUT2D eigenvalue weighted by Crippen LogP contribution is -2.32. The second-order valence-corrected chi connectivity index (χ2v) is 5.81. The van der Waals surface area contributed by atoms with Gasteiger partial charge in [-0.2, -0.15) is 5.10 Å². The highest BCUT2D eigenvalue weighted by atomic mass is 35.5. The second-order valence-electron chi connectivity index (χ2n) is 5.41. The molecule has 0 radical (unpaired) electrons. The summed E-state index contributed by atoms with van der Waals surface area (Å²) in [5.41, 5.74) is 10.6. The molecule has 126 valence electrons. The molecule has 24 heavy (non-hydrogen) atoms. The van der Waals surface area contributed by atoms with Gasteiger partial charge in [0, 0.05) is 23.0 Å². The number of guanidine groups is 1. The largest absolute Gasteiger partial charge is 0.369 e. The van der Waals surface area contributed by atoms with Gasteiger partial charge in [-0.3, -0.25) is 10.2 Å². The van der Waals surface area contributed by atoms with E-state index >= 15 is 0 Å². The van der Waals surface area contributed by atoms with Crippen LogP contribution in [0.15, 0.2) is 46.4 Å². The molecule has 1 atom stereocenters. The van der Waals surface area contributed by atoms with E-state index in [1.807, 2.05) is 24.3 Å². The molecule has 0 fully saturated rings. The zero-order valence-electron chi connectivity index (χ0n) is 12.7. The average Bonchev–Trinajstić information content (AvgIpc) is 2.53. The van der Waals surface area contributed by atoms with Crippen LogP contribution >= 0.6 is 24.0 Å². The van der Waals surface area contributed by atoms with Crippen molar-refractivity contribution in [3.8, 4) is 0 Å². The van der Waals surface area contributed by atoms with Crippen LogP contribution in [-0.2, 0) is 6.42 Å². The molecule has 3 rings (SSSR count). The van der Waals surface area contributed by atoms with Gasteiger partial charge in [0.15, 0.2) is 5.43 Å². The number of aromatic amines is 1. The second kappa shape index (κ2) is 7.51. The molecule has 1 aliphatic carbocycles. The number of pyridine rings is 1. The molecule has 1 aromatic heterocycles. The maximum atomic E-state index is 12.2. The van der Waals surface area contributed by atoms with Crippen LogP contribution in [0, 0.1) is 5.41 Å². The minimum Gasteiger partial charge on any atom is -0.369 e. The monoisotopic (exact) mass is 365 g/mol. The molecule has 0 bridgehead atoms. The minimum absolute atomic E-state index is 0. The summed E-state index contributed by atoms with van der Waals surface area (Å²) in [6.07, 6.45) is 2.85. The van der Waals surface area contributed by atoms with Crippen molar-refractivity contribution in [1.82, 2.24) is 10.4 Å². The van der Waals surface area contributed by atoms with Crippen LogP contribution in [0.1, 0.15) is 29.2 Å². The topological polar surface area (TPSA) is 107 Å². The van der Waals surface area contributed by atoms with Crippen LogP contribution in [0.5, 0.6) is 0 Å². The normalized spacial score (nSPS) is 17.7. The maximum Gasteiger partial charge on any atom is 0.206 e. The Bertz CT molecular complexity index is 846. The van der Waals surface area contributed by atoms with Crippen LogP contribution in [0.2, 0.25) is 5.02 Å². The van der Waals surface area contributed by atoms with E-state index in [1.54, 1.807) is 6.20 Å². The Morgan fingerprint density at radius 1 is 1.33 bits per heavy atom. The fourth-order valence-electron chi connectivity index (χ4n) is 2.91. The van der Waals surface area contributed by atoms with Gasteiger partial charge in [-0.1, -0.05) is 29.8 Å². The fraction of sp³-hybridized carbons (Fsp3) is 0.188. The summed E-state index contributed by atoms with van der Waals surface area (Å²) < 4.78 is 0. The van der Waals surface area contributed by atoms with E-state index in [2.05, 4.69) is 15.5 Å². The third-order valence-electron chi connectivity index (χ3n) is 3.88. The molecule has 6 nitrogen and oxygen atoms in total. The van der Waals surface area contributed by atoms with Crippen LogP contribution in [0.4, 0.5) is 0 Å². The molecule has 1 aromatic carbocycles. The van der Waals surface area contributed by atoms with Crippen LogP contribution in [0.3, 0.4) is 0 Å². The Balaban J connectivity index is 0.00000208. The van der Waals surface area contributed by atoms with Crippen molar-refractivity contribution in [2.45, 2.75) is 18.8 Å². The van der Waals surface area contributed by atoms with E-state index in [-0.39, 0.29) is 29.7 Å². The predicted molar refractivity (Wildman–Crippen MR) is 98.4 cm³/mol. The first-order valence-corrected chi connectivity index (χ1v) is 7.56. The Morgan fingerprint density at radius 3 is 2.79 bits per heavy atom. The highest BCUT2D eigenvalue weighted by molar-refractivity contribution is 6.31. The quantitative estimate of drug-likeness (QED) is 0.372. The van der Waals surface area contributed by atoms with Crippen molar-refractivity contribution in [2.24, 2.45) is 10.8 Å². The summed E-state index contributed by atoms with van der Waals surface area (Å²) in [7, 11) is 0. The van der Waals surface area contributed by atoms with Crippen molar-refractivity contribution >= 4 is 35.7 Å². The molecular formula is C16H17Cl2N5O. The number of H-pyrrole nitrogens is 1. The Kier molecular flexibility index (Phi) is 5.64. The van der Waals surface area contributed by atoms with Crippen molar-refractivity contribution in [3.63, 3.8) is 0 Å². The zero-order chi connectivity index (χ0) is 16.4. The maximum absolute atomic E-state index is 12.2. The first-order chi connectivity index (χ1) is 11.1. The Hall–Kier alpha value is -2.31. The first kappa shape index (κ1) is 18.0. The number of nitrogens with one attached hydrogen (secondary N) is 3. The molecule has 0 saturated carbocycles. The highest BCUT2D eigenvalue weighted by Crippen LogP contribution is 2.34. The first-order valence-electron chi connectivity index (χ1n) is 7.18. The van der Waals surface area contributed by atoms with E-state index in [4.69, 9.17) is 22.7 Å². The van der Waals surface area contributed by atoms with Gasteiger partial charge < -0.3 is 10.7 Å². The number of nitrogens with zero attached hydrogens (tertiary/aromatic N) is 1. The molecule has 0 spiro atoms. The lowest BCUT2D eigenvalue weighted by atomic mass is 9.81. The molecule has 2 aromatic rings. The number of fused-ring (bicyclic) bond motifs is 1. The molecule has 1 heterocycles. The lowest BCUT2D eigenvalue weighted by Gasteiger charge is -2.26. The Labute approximate surface area is 150 Å². The summed E-state index contributed by atoms with van der Waals surface area (Å²) in [4.78, 5) is 15.3. The number of benzene rings is 1. The van der Waals surface area contributed by atoms with E-state index in [9.17, 15) is 4.79 Å². The number of nitrogens with two attached hydrogens (primary N) is 1. The molecule has 0 amide bonds. The lowest BCUT2D eigenvalue weighted by molar-refractivity contribution is 0.675. The zero-order valence-corrected chi connectivity index (χ0v) is 14.2. The molecule has 8 heteroatoms. The third kappa shape index (κ3) is 3.60. The SMILES string of the molecule is Cl.N=C(N)N/N=C1/CC(c2ccccc2Cl)Cc2[nH]ccc(=O)c21. The number of halogens is 2. The van der Waals surface area contributed by atoms with Crippen LogP contribution < -0.4 is 16.6 Å². The number of rotatable bonds is 2. The van der Waals surface area contributed by atoms with Gasteiger partial charge in [0.2, 0.25) is 5.96 Å². The third-order valence-corrected chi connectivity index (χ3v) is 4.22. The van der Waals surface area contributed by atoms with Gasteiger partial charge in [0.05, 0.1) is 11.3 Å². The number of hydrogen-bond donors (Lipinski definition) is 4. The van der Waals surface area contributed by atoms with E-state index in [0.29, 0.717) is 29.1 Å². The van der Waals surface area contributed by atoms with Crippen molar-refractivity contribution in [2.75, 3.05) is 0 Å². The Morgan fingerprint density at radius 2 is 2.08 bits per heavy atom. The molecule has 5 N–H and O–H groups in total. The number of hydrogen-bond acceptors (Lipinski definition) is 3. The molecule has 0 aliphatic heterocycles. The van der Waals surface area contributed by atoms with Gasteiger partial charge in [-0.15, -0.1) is 12.4 Å². The van der Waals surface area contributed by atoms with E-state index in [0.717, 1.165) is 11.3 Å². The summed E-state index contributed by atoms with van der Waals surface area (Å²) in [6.45, 7) is 0. The van der Waals surface area contributed by atoms with Gasteiger partial charge >= 0.3 is 0 Å². The predicted octanol–water partition coefficient (Wildman–Crippen LogP) is 2.37. The van der Waals surface area contributed by atoms with Gasteiger partial charge in [-0.05, 0) is 30.4 Å². The fourth-order valence-corrected chi connectivity index (χ4v) is 3.20. The van der Waals surface area contributed by atoms with Crippen molar-refractivity contribution in [1.29, 1.82) is 5.41 Å². The standard InChI is InChI=1S/C16H16ClN5O.ClH/c17-11-4-2-1-3-10(11)9-7-12-15(14(23)5-6-20-12)13(8-9)21-22-16(18)19;/h1-6,9H,7-8H2,(H,20,23)(H4,18,19,22);1H/b21-13-;. The minimum atomic E-state index is -0.272. The summed E-state index contributed by atoms with van der Waals surface area (Å²) in [6, 6.07) is 9.13. The van der Waals surface area contributed by atoms with Crippen molar-refractivity contribution < 1.29 is 0 Å². The van der Waals surface area contributed by atoms with Gasteiger partial charge in [0.1, 0.15) is 0 Å². The van der Waals surface area contributed by atoms with E-state index < -0.39 is 0 Å². The molecule has 0 saturated heterocycles. The smallest absolute Gasteiger partial charge is 0.206 e. The number of aromatic nitrogens is 1. The van der Waals surface area contributed by atoms with Gasteiger partial charge in [0.25, 0.3) is 0 Å². The van der Waals surface area contributed by atoms with E-state index in [1.165, 1.54) is 6.07 Å². The average molecular weight is 366 g/mol. The molecule has 1 unspecified atom stereocenters. The summed E-state index contributed by atoms with van der Waals surface area (Å²) in [5.74, 6) is -0.173. The highest BCUT2D eigenvalue weighted by Gasteiger charge is 2.28. The van der Waals surface area contributed by atoms with Crippen molar-refractivity contribution in [3.05, 3.63) is 68.6 Å². The summed E-state index contributed by atoms with van der Waals surface area (Å²) >= 11 is 6.31. The number of hydrazone groups is 1.